The summed E-state index contributed by atoms with van der Waals surface area (Å²) in [6.07, 6.45) is 0. The molecule has 0 unspecified atom stereocenters. The van der Waals surface area contributed by atoms with Gasteiger partial charge in [0.25, 0.3) is 5.69 Å². The molecule has 0 bridgehead atoms. The Bertz CT molecular complexity index is 1010. The largest absolute Gasteiger partial charge is 0.504 e. The second-order valence-electron chi connectivity index (χ2n) is 4.82. The zero-order chi connectivity index (χ0) is 16.7. The standard InChI is InChI=1S/C15H10N2O6/c16-9-3-1-7(5-10(9)17(21)22)13-6-12(19)8-2-4-11(18)14(20)15(8)23-13/h1-6,18,20H,16H2. The van der Waals surface area contributed by atoms with Crippen LogP contribution in [-0.2, 0) is 0 Å². The van der Waals surface area contributed by atoms with E-state index in [9.17, 15) is 25.1 Å². The van der Waals surface area contributed by atoms with E-state index in [1.807, 2.05) is 0 Å². The minimum Gasteiger partial charge on any atom is -0.504 e. The summed E-state index contributed by atoms with van der Waals surface area (Å²) in [5.74, 6) is -1.01. The van der Waals surface area contributed by atoms with Crippen LogP contribution >= 0.6 is 0 Å². The van der Waals surface area contributed by atoms with Crippen LogP contribution in [0.1, 0.15) is 0 Å². The van der Waals surface area contributed by atoms with Crippen molar-refractivity contribution >= 4 is 22.3 Å². The number of fused-ring (bicyclic) bond motifs is 1. The summed E-state index contributed by atoms with van der Waals surface area (Å²) in [4.78, 5) is 22.4. The molecule has 4 N–H and O–H groups in total. The van der Waals surface area contributed by atoms with Crippen molar-refractivity contribution in [2.75, 3.05) is 5.73 Å². The van der Waals surface area contributed by atoms with E-state index in [4.69, 9.17) is 10.2 Å². The van der Waals surface area contributed by atoms with Gasteiger partial charge >= 0.3 is 0 Å². The molecular formula is C15H10N2O6. The lowest BCUT2D eigenvalue weighted by Crippen LogP contribution is -2.01. The van der Waals surface area contributed by atoms with Crippen LogP contribution in [-0.4, -0.2) is 15.1 Å². The molecule has 0 radical (unpaired) electrons. The minimum absolute atomic E-state index is 0.00602. The molecule has 3 aromatic rings. The lowest BCUT2D eigenvalue weighted by molar-refractivity contribution is -0.383. The van der Waals surface area contributed by atoms with Crippen molar-refractivity contribution in [1.82, 2.24) is 0 Å². The molecule has 0 spiro atoms. The smallest absolute Gasteiger partial charge is 0.292 e. The van der Waals surface area contributed by atoms with E-state index in [0.29, 0.717) is 0 Å². The number of nitro benzene ring substituents is 1. The molecule has 23 heavy (non-hydrogen) atoms. The number of benzene rings is 2. The number of anilines is 1. The Balaban J connectivity index is 2.29. The van der Waals surface area contributed by atoms with Crippen molar-refractivity contribution in [3.63, 3.8) is 0 Å². The highest BCUT2D eigenvalue weighted by molar-refractivity contribution is 5.86. The summed E-state index contributed by atoms with van der Waals surface area (Å²) in [6, 6.07) is 7.56. The van der Waals surface area contributed by atoms with Crippen LogP contribution in [0.3, 0.4) is 0 Å². The van der Waals surface area contributed by atoms with Crippen molar-refractivity contribution in [1.29, 1.82) is 0 Å². The summed E-state index contributed by atoms with van der Waals surface area (Å²) in [7, 11) is 0. The third kappa shape index (κ3) is 2.31. The molecule has 0 atom stereocenters. The van der Waals surface area contributed by atoms with E-state index < -0.39 is 21.9 Å². The van der Waals surface area contributed by atoms with Gasteiger partial charge < -0.3 is 20.4 Å². The van der Waals surface area contributed by atoms with Gasteiger partial charge in [0.1, 0.15) is 11.4 Å². The van der Waals surface area contributed by atoms with E-state index >= 15 is 0 Å². The Morgan fingerprint density at radius 2 is 1.87 bits per heavy atom. The number of aromatic hydroxyl groups is 2. The van der Waals surface area contributed by atoms with Crippen molar-refractivity contribution in [3.8, 4) is 22.8 Å². The maximum absolute atomic E-state index is 12.1. The summed E-state index contributed by atoms with van der Waals surface area (Å²) in [5.41, 5.74) is 4.75. The van der Waals surface area contributed by atoms with Crippen molar-refractivity contribution in [3.05, 3.63) is 56.7 Å². The van der Waals surface area contributed by atoms with Gasteiger partial charge in [0.05, 0.1) is 10.3 Å². The maximum Gasteiger partial charge on any atom is 0.292 e. The third-order valence-electron chi connectivity index (χ3n) is 3.36. The Morgan fingerprint density at radius 1 is 1.13 bits per heavy atom. The fourth-order valence-corrected chi connectivity index (χ4v) is 2.19. The van der Waals surface area contributed by atoms with Crippen molar-refractivity contribution < 1.29 is 19.6 Å². The van der Waals surface area contributed by atoms with Crippen LogP contribution in [0.2, 0.25) is 0 Å². The summed E-state index contributed by atoms with van der Waals surface area (Å²) in [5, 5.41) is 30.4. The Labute approximate surface area is 128 Å². The molecule has 0 aliphatic heterocycles. The topological polar surface area (TPSA) is 140 Å². The van der Waals surface area contributed by atoms with E-state index in [-0.39, 0.29) is 33.7 Å². The maximum atomic E-state index is 12.1. The fourth-order valence-electron chi connectivity index (χ4n) is 2.19. The minimum atomic E-state index is -0.652. The number of phenols is 2. The highest BCUT2D eigenvalue weighted by Crippen LogP contribution is 2.35. The number of nitrogens with two attached hydrogens (primary N) is 1. The average Bonchev–Trinajstić information content (AvgIpc) is 2.51. The molecule has 0 saturated heterocycles. The molecule has 8 nitrogen and oxygen atoms in total. The SMILES string of the molecule is Nc1ccc(-c2cc(=O)c3ccc(O)c(O)c3o2)cc1[N+](=O)[O-]. The average molecular weight is 314 g/mol. The highest BCUT2D eigenvalue weighted by Gasteiger charge is 2.17. The van der Waals surface area contributed by atoms with E-state index in [1.165, 1.54) is 30.3 Å². The molecule has 0 aliphatic carbocycles. The predicted molar refractivity (Wildman–Crippen MR) is 82.3 cm³/mol. The molecule has 3 rings (SSSR count). The summed E-state index contributed by atoms with van der Waals surface area (Å²) < 4.78 is 5.44. The summed E-state index contributed by atoms with van der Waals surface area (Å²) >= 11 is 0. The van der Waals surface area contributed by atoms with Crippen LogP contribution < -0.4 is 11.2 Å². The van der Waals surface area contributed by atoms with Crippen LogP contribution in [0, 0.1) is 10.1 Å². The molecule has 8 heteroatoms. The molecular weight excluding hydrogens is 304 g/mol. The number of nitrogens with zero attached hydrogens (tertiary/aromatic N) is 1. The van der Waals surface area contributed by atoms with Gasteiger partial charge in [0.2, 0.25) is 5.75 Å². The number of hydrogen-bond acceptors (Lipinski definition) is 7. The van der Waals surface area contributed by atoms with Crippen molar-refractivity contribution in [2.45, 2.75) is 0 Å². The van der Waals surface area contributed by atoms with Gasteiger partial charge in [-0.05, 0) is 24.3 Å². The first kappa shape index (κ1) is 14.4. The van der Waals surface area contributed by atoms with Gasteiger partial charge in [-0.3, -0.25) is 14.9 Å². The van der Waals surface area contributed by atoms with Crippen LogP contribution in [0.25, 0.3) is 22.3 Å². The van der Waals surface area contributed by atoms with Crippen LogP contribution in [0.4, 0.5) is 11.4 Å². The van der Waals surface area contributed by atoms with Crippen molar-refractivity contribution in [2.24, 2.45) is 0 Å². The Morgan fingerprint density at radius 3 is 2.57 bits per heavy atom. The van der Waals surface area contributed by atoms with Gasteiger partial charge in [-0.2, -0.15) is 0 Å². The first-order valence-electron chi connectivity index (χ1n) is 6.41. The molecule has 1 heterocycles. The molecule has 0 saturated carbocycles. The lowest BCUT2D eigenvalue weighted by Gasteiger charge is -2.06. The molecule has 0 fully saturated rings. The van der Waals surface area contributed by atoms with Gasteiger partial charge in [-0.1, -0.05) is 0 Å². The third-order valence-corrected chi connectivity index (χ3v) is 3.36. The number of nitro groups is 1. The Hall–Kier alpha value is -3.55. The van der Waals surface area contributed by atoms with Gasteiger partial charge in [-0.15, -0.1) is 0 Å². The fraction of sp³-hybridized carbons (Fsp3) is 0. The molecule has 116 valence electrons. The first-order chi connectivity index (χ1) is 10.9. The highest BCUT2D eigenvalue weighted by atomic mass is 16.6. The predicted octanol–water partition coefficient (Wildman–Crippen LogP) is 2.36. The second kappa shape index (κ2) is 5.02. The number of hydrogen-bond donors (Lipinski definition) is 3. The number of phenolic OH excluding ortho intramolecular Hbond substituents is 2. The number of nitrogen functional groups attached to an aromatic ring is 1. The normalized spacial score (nSPS) is 10.8. The zero-order valence-corrected chi connectivity index (χ0v) is 11.5. The van der Waals surface area contributed by atoms with Crippen LogP contribution in [0.15, 0.2) is 45.6 Å². The Kier molecular flexibility index (Phi) is 3.14. The zero-order valence-electron chi connectivity index (χ0n) is 11.5. The van der Waals surface area contributed by atoms with E-state index in [2.05, 4.69) is 0 Å². The quantitative estimate of drug-likeness (QED) is 0.285. The number of rotatable bonds is 2. The monoisotopic (exact) mass is 314 g/mol. The van der Waals surface area contributed by atoms with E-state index in [1.54, 1.807) is 0 Å². The first-order valence-corrected chi connectivity index (χ1v) is 6.41. The lowest BCUT2D eigenvalue weighted by atomic mass is 10.1. The summed E-state index contributed by atoms with van der Waals surface area (Å²) in [6.45, 7) is 0. The van der Waals surface area contributed by atoms with Gasteiger partial charge in [0.15, 0.2) is 16.8 Å². The van der Waals surface area contributed by atoms with Crippen LogP contribution in [0.5, 0.6) is 11.5 Å². The molecule has 0 amide bonds. The second-order valence-corrected chi connectivity index (χ2v) is 4.82. The van der Waals surface area contributed by atoms with Gasteiger partial charge in [-0.25, -0.2) is 0 Å². The van der Waals surface area contributed by atoms with E-state index in [0.717, 1.165) is 6.07 Å². The van der Waals surface area contributed by atoms with Gasteiger partial charge in [0, 0.05) is 17.7 Å². The molecule has 0 aliphatic rings. The molecule has 1 aromatic heterocycles. The molecule has 2 aromatic carbocycles.